The number of likely N-dealkylation sites (tertiary alicyclic amines) is 1. The zero-order valence-electron chi connectivity index (χ0n) is 21.2. The summed E-state index contributed by atoms with van der Waals surface area (Å²) in [5.41, 5.74) is 2.12. The highest BCUT2D eigenvalue weighted by Crippen LogP contribution is 2.28. The van der Waals surface area contributed by atoms with Gasteiger partial charge in [-0.05, 0) is 51.8 Å². The van der Waals surface area contributed by atoms with Crippen molar-refractivity contribution in [1.29, 1.82) is 0 Å². The lowest BCUT2D eigenvalue weighted by atomic mass is 10.0. The Kier molecular flexibility index (Phi) is 7.52. The predicted molar refractivity (Wildman–Crippen MR) is 139 cm³/mol. The molecular weight excluding hydrogens is 477 g/mol. The lowest BCUT2D eigenvalue weighted by molar-refractivity contribution is -0.0136. The van der Waals surface area contributed by atoms with Gasteiger partial charge >= 0.3 is 0 Å². The minimum absolute atomic E-state index is 0.0468. The van der Waals surface area contributed by atoms with E-state index in [0.717, 1.165) is 31.3 Å². The molecule has 10 heteroatoms. The molecule has 0 unspecified atom stereocenters. The molecule has 2 aliphatic heterocycles. The van der Waals surface area contributed by atoms with Crippen molar-refractivity contribution in [3.8, 4) is 11.3 Å². The molecule has 0 bridgehead atoms. The molecular formula is C27H34FN5O4. The summed E-state index contributed by atoms with van der Waals surface area (Å²) < 4.78 is 22.3. The number of halogens is 1. The SMILES string of the molecule is CC(C)n1c(CN2CCC[C@@H](O)C2)cc(=O)c2ccc(-c3nc(N[C@@H]4CCOC[C@H]4O)ncc3F)cc21. The topological polar surface area (TPSA) is 113 Å². The largest absolute Gasteiger partial charge is 0.392 e. The second-order valence-electron chi connectivity index (χ2n) is 10.3. The highest BCUT2D eigenvalue weighted by molar-refractivity contribution is 5.84. The number of rotatable bonds is 6. The van der Waals surface area contributed by atoms with Gasteiger partial charge in [-0.3, -0.25) is 9.69 Å². The average Bonchev–Trinajstić information content (AvgIpc) is 2.86. The minimum atomic E-state index is -0.702. The summed E-state index contributed by atoms with van der Waals surface area (Å²) in [6.45, 7) is 6.84. The van der Waals surface area contributed by atoms with Gasteiger partial charge in [0.1, 0.15) is 5.69 Å². The number of aliphatic hydroxyl groups excluding tert-OH is 2. The predicted octanol–water partition coefficient (Wildman–Crippen LogP) is 2.70. The van der Waals surface area contributed by atoms with Crippen molar-refractivity contribution in [1.82, 2.24) is 19.4 Å². The summed E-state index contributed by atoms with van der Waals surface area (Å²) in [5.74, 6) is -0.351. The Morgan fingerprint density at radius 2 is 2.08 bits per heavy atom. The van der Waals surface area contributed by atoms with Crippen LogP contribution in [0.4, 0.5) is 10.3 Å². The molecule has 37 heavy (non-hydrogen) atoms. The molecule has 0 radical (unpaired) electrons. The molecule has 5 rings (SSSR count). The number of pyridine rings is 1. The molecule has 0 amide bonds. The Balaban J connectivity index is 1.53. The van der Waals surface area contributed by atoms with Crippen LogP contribution in [0.1, 0.15) is 44.8 Å². The molecule has 2 aromatic heterocycles. The van der Waals surface area contributed by atoms with E-state index >= 15 is 0 Å². The average molecular weight is 512 g/mol. The van der Waals surface area contributed by atoms with Crippen molar-refractivity contribution in [2.75, 3.05) is 31.6 Å². The number of nitrogens with one attached hydrogen (secondary N) is 1. The number of nitrogens with zero attached hydrogens (tertiary/aromatic N) is 4. The van der Waals surface area contributed by atoms with Crippen LogP contribution in [0.25, 0.3) is 22.2 Å². The first kappa shape index (κ1) is 25.7. The van der Waals surface area contributed by atoms with E-state index in [9.17, 15) is 19.4 Å². The van der Waals surface area contributed by atoms with E-state index in [4.69, 9.17) is 4.74 Å². The summed E-state index contributed by atoms with van der Waals surface area (Å²) in [4.78, 5) is 23.7. The van der Waals surface area contributed by atoms with E-state index in [1.165, 1.54) is 0 Å². The van der Waals surface area contributed by atoms with Crippen LogP contribution in [-0.4, -0.2) is 74.2 Å². The third-order valence-electron chi connectivity index (χ3n) is 7.17. The van der Waals surface area contributed by atoms with Crippen LogP contribution in [0.5, 0.6) is 0 Å². The number of β-amino-alcohol motifs (C(OH)–C–C–N with tert-alkyl or cyclic N) is 1. The van der Waals surface area contributed by atoms with Crippen LogP contribution >= 0.6 is 0 Å². The number of anilines is 1. The molecule has 1 aromatic carbocycles. The van der Waals surface area contributed by atoms with Crippen LogP contribution in [-0.2, 0) is 11.3 Å². The third-order valence-corrected chi connectivity index (χ3v) is 7.17. The number of piperidine rings is 1. The molecule has 0 aliphatic carbocycles. The fourth-order valence-electron chi connectivity index (χ4n) is 5.37. The number of hydrogen-bond acceptors (Lipinski definition) is 8. The van der Waals surface area contributed by atoms with Gasteiger partial charge in [0.25, 0.3) is 0 Å². The number of ether oxygens (including phenoxy) is 1. The maximum atomic E-state index is 15.0. The summed E-state index contributed by atoms with van der Waals surface area (Å²) in [6, 6.07) is 6.67. The Labute approximate surface area is 214 Å². The molecule has 4 heterocycles. The van der Waals surface area contributed by atoms with Crippen molar-refractivity contribution in [3.63, 3.8) is 0 Å². The number of aliphatic hydroxyl groups is 2. The van der Waals surface area contributed by atoms with Crippen LogP contribution in [0.3, 0.4) is 0 Å². The summed E-state index contributed by atoms with van der Waals surface area (Å²) in [7, 11) is 0. The fraction of sp³-hybridized carbons (Fsp3) is 0.519. The molecule has 2 aliphatic rings. The Hall–Kier alpha value is -2.92. The van der Waals surface area contributed by atoms with E-state index < -0.39 is 11.9 Å². The van der Waals surface area contributed by atoms with E-state index in [2.05, 4.69) is 38.6 Å². The maximum absolute atomic E-state index is 15.0. The first-order valence-electron chi connectivity index (χ1n) is 12.9. The van der Waals surface area contributed by atoms with Crippen molar-refractivity contribution in [2.45, 2.75) is 63.9 Å². The van der Waals surface area contributed by atoms with Gasteiger partial charge in [0.2, 0.25) is 5.95 Å². The van der Waals surface area contributed by atoms with Crippen molar-refractivity contribution < 1.29 is 19.3 Å². The van der Waals surface area contributed by atoms with Crippen molar-refractivity contribution >= 4 is 16.9 Å². The zero-order chi connectivity index (χ0) is 26.1. The van der Waals surface area contributed by atoms with E-state index in [-0.39, 0.29) is 41.9 Å². The van der Waals surface area contributed by atoms with Gasteiger partial charge in [-0.1, -0.05) is 6.07 Å². The summed E-state index contributed by atoms with van der Waals surface area (Å²) in [6.07, 6.45) is 2.36. The molecule has 0 spiro atoms. The minimum Gasteiger partial charge on any atom is -0.392 e. The lowest BCUT2D eigenvalue weighted by Gasteiger charge is -2.31. The van der Waals surface area contributed by atoms with Gasteiger partial charge in [-0.25, -0.2) is 14.4 Å². The zero-order valence-corrected chi connectivity index (χ0v) is 21.2. The summed E-state index contributed by atoms with van der Waals surface area (Å²) >= 11 is 0. The first-order valence-corrected chi connectivity index (χ1v) is 12.9. The highest BCUT2D eigenvalue weighted by Gasteiger charge is 2.25. The van der Waals surface area contributed by atoms with Gasteiger partial charge in [0.15, 0.2) is 11.2 Å². The van der Waals surface area contributed by atoms with E-state index in [1.54, 1.807) is 18.2 Å². The molecule has 198 valence electrons. The molecule has 3 aromatic rings. The Morgan fingerprint density at radius 3 is 2.84 bits per heavy atom. The second kappa shape index (κ2) is 10.8. The lowest BCUT2D eigenvalue weighted by Crippen LogP contribution is -2.42. The van der Waals surface area contributed by atoms with Crippen molar-refractivity contribution in [3.05, 3.63) is 52.2 Å². The molecule has 2 saturated heterocycles. The number of aromatic nitrogens is 3. The third kappa shape index (κ3) is 5.52. The fourth-order valence-corrected chi connectivity index (χ4v) is 5.37. The maximum Gasteiger partial charge on any atom is 0.223 e. The van der Waals surface area contributed by atoms with Gasteiger partial charge in [-0.2, -0.15) is 0 Å². The molecule has 3 atom stereocenters. The highest BCUT2D eigenvalue weighted by atomic mass is 19.1. The molecule has 0 saturated carbocycles. The smallest absolute Gasteiger partial charge is 0.223 e. The Morgan fingerprint density at radius 1 is 1.24 bits per heavy atom. The summed E-state index contributed by atoms with van der Waals surface area (Å²) in [5, 5.41) is 24.0. The van der Waals surface area contributed by atoms with Gasteiger partial charge in [0, 0.05) is 48.4 Å². The van der Waals surface area contributed by atoms with Gasteiger partial charge in [-0.15, -0.1) is 0 Å². The van der Waals surface area contributed by atoms with E-state index in [0.29, 0.717) is 42.6 Å². The number of hydrogen-bond donors (Lipinski definition) is 3. The monoisotopic (exact) mass is 511 g/mol. The number of fused-ring (bicyclic) bond motifs is 1. The molecule has 3 N–H and O–H groups in total. The Bertz CT molecular complexity index is 1330. The molecule has 9 nitrogen and oxygen atoms in total. The van der Waals surface area contributed by atoms with Crippen LogP contribution in [0.15, 0.2) is 35.3 Å². The second-order valence-corrected chi connectivity index (χ2v) is 10.3. The van der Waals surface area contributed by atoms with Gasteiger partial charge < -0.3 is 24.8 Å². The van der Waals surface area contributed by atoms with E-state index in [1.807, 2.05) is 6.07 Å². The van der Waals surface area contributed by atoms with Crippen LogP contribution in [0.2, 0.25) is 0 Å². The standard InChI is InChI=1S/C27H34FN5O4/c1-16(2)33-18(13-32-8-3-4-19(34)14-32)11-24(35)20-6-5-17(10-23(20)33)26-21(28)12-29-27(31-26)30-22-7-9-37-15-25(22)36/h5-6,10-12,16,19,22,25,34,36H,3-4,7-9,13-15H2,1-2H3,(H,29,30,31)/t19-,22-,25-/m1/s1. The van der Waals surface area contributed by atoms with Crippen LogP contribution < -0.4 is 10.7 Å². The quantitative estimate of drug-likeness (QED) is 0.463. The first-order chi connectivity index (χ1) is 17.8. The number of benzene rings is 1. The van der Waals surface area contributed by atoms with Crippen molar-refractivity contribution in [2.24, 2.45) is 0 Å². The van der Waals surface area contributed by atoms with Gasteiger partial charge in [0.05, 0.1) is 36.6 Å². The molecule has 2 fully saturated rings. The van der Waals surface area contributed by atoms with Crippen LogP contribution in [0, 0.1) is 5.82 Å². The normalized spacial score (nSPS) is 23.0.